The molecule has 132 valence electrons. The summed E-state index contributed by atoms with van der Waals surface area (Å²) in [6.45, 7) is 0. The highest BCUT2D eigenvalue weighted by atomic mass is 19.1. The average molecular weight is 361 g/mol. The molecule has 3 aromatic carbocycles. The van der Waals surface area contributed by atoms with Crippen LogP contribution >= 0.6 is 0 Å². The molecule has 0 aliphatic rings. The summed E-state index contributed by atoms with van der Waals surface area (Å²) in [5.41, 5.74) is 1.95. The molecule has 0 saturated heterocycles. The lowest BCUT2D eigenvalue weighted by Gasteiger charge is -2.13. The second-order valence-electron chi connectivity index (χ2n) is 5.87. The third-order valence-corrected chi connectivity index (χ3v) is 4.06. The molecule has 6 heteroatoms. The van der Waals surface area contributed by atoms with Gasteiger partial charge < -0.3 is 5.32 Å². The van der Waals surface area contributed by atoms with Crippen molar-refractivity contribution in [1.29, 1.82) is 0 Å². The minimum absolute atomic E-state index is 0.0384. The molecule has 1 aromatic heterocycles. The van der Waals surface area contributed by atoms with Gasteiger partial charge in [-0.15, -0.1) is 0 Å². The summed E-state index contributed by atoms with van der Waals surface area (Å²) in [7, 11) is 0. The van der Waals surface area contributed by atoms with Gasteiger partial charge >= 0.3 is 0 Å². The Morgan fingerprint density at radius 1 is 0.889 bits per heavy atom. The van der Waals surface area contributed by atoms with E-state index < -0.39 is 17.5 Å². The van der Waals surface area contributed by atoms with Gasteiger partial charge in [0, 0.05) is 11.6 Å². The van der Waals surface area contributed by atoms with Crippen LogP contribution in [-0.4, -0.2) is 15.9 Å². The normalized spacial score (nSPS) is 10.7. The van der Waals surface area contributed by atoms with Gasteiger partial charge in [0.05, 0.1) is 22.9 Å². The zero-order valence-corrected chi connectivity index (χ0v) is 14.0. The van der Waals surface area contributed by atoms with Gasteiger partial charge in [0.15, 0.2) is 0 Å². The van der Waals surface area contributed by atoms with Crippen molar-refractivity contribution < 1.29 is 13.6 Å². The van der Waals surface area contributed by atoms with E-state index in [1.807, 2.05) is 6.07 Å². The van der Waals surface area contributed by atoms with Crippen LogP contribution < -0.4 is 5.32 Å². The number of nitrogens with zero attached hydrogens (tertiary/aromatic N) is 2. The van der Waals surface area contributed by atoms with Crippen LogP contribution in [0, 0.1) is 11.6 Å². The van der Waals surface area contributed by atoms with Gasteiger partial charge in [-0.2, -0.15) is 0 Å². The van der Waals surface area contributed by atoms with Gasteiger partial charge in [0.2, 0.25) is 0 Å². The lowest BCUT2D eigenvalue weighted by Crippen LogP contribution is -2.16. The Balaban J connectivity index is 1.74. The maximum absolute atomic E-state index is 14.4. The molecular weight excluding hydrogens is 348 g/mol. The highest BCUT2D eigenvalue weighted by Gasteiger charge is 2.17. The molecule has 1 N–H and O–H groups in total. The van der Waals surface area contributed by atoms with Crippen molar-refractivity contribution in [3.05, 3.63) is 90.3 Å². The number of anilines is 1. The highest BCUT2D eigenvalue weighted by molar-refractivity contribution is 6.05. The third kappa shape index (κ3) is 3.37. The van der Waals surface area contributed by atoms with Crippen LogP contribution in [0.2, 0.25) is 0 Å². The second kappa shape index (κ2) is 6.92. The fraction of sp³-hybridized carbons (Fsp3) is 0. The predicted molar refractivity (Wildman–Crippen MR) is 99.3 cm³/mol. The van der Waals surface area contributed by atoms with Crippen molar-refractivity contribution >= 4 is 22.6 Å². The molecule has 1 heterocycles. The van der Waals surface area contributed by atoms with E-state index in [1.165, 1.54) is 12.3 Å². The Labute approximate surface area is 153 Å². The molecule has 0 radical (unpaired) electrons. The van der Waals surface area contributed by atoms with Crippen LogP contribution in [-0.2, 0) is 0 Å². The van der Waals surface area contributed by atoms with Gasteiger partial charge in [-0.1, -0.05) is 42.5 Å². The Morgan fingerprint density at radius 3 is 2.37 bits per heavy atom. The number of nitrogens with one attached hydrogen (secondary N) is 1. The van der Waals surface area contributed by atoms with Gasteiger partial charge in [-0.3, -0.25) is 9.78 Å². The number of para-hydroxylation sites is 2. The number of carbonyl (C=O) groups excluding carboxylic acids is 1. The van der Waals surface area contributed by atoms with E-state index >= 15 is 0 Å². The first-order valence-corrected chi connectivity index (χ1v) is 8.19. The molecule has 0 fully saturated rings. The molecular formula is C21H13F2N3O. The molecule has 0 aliphatic heterocycles. The number of rotatable bonds is 3. The van der Waals surface area contributed by atoms with E-state index in [0.29, 0.717) is 16.6 Å². The Kier molecular flexibility index (Phi) is 4.30. The van der Waals surface area contributed by atoms with E-state index in [-0.39, 0.29) is 16.9 Å². The zero-order valence-electron chi connectivity index (χ0n) is 14.0. The topological polar surface area (TPSA) is 54.9 Å². The smallest absolute Gasteiger partial charge is 0.275 e. The third-order valence-electron chi connectivity index (χ3n) is 4.06. The van der Waals surface area contributed by atoms with Crippen LogP contribution in [0.1, 0.15) is 10.5 Å². The predicted octanol–water partition coefficient (Wildman–Crippen LogP) is 4.83. The van der Waals surface area contributed by atoms with Crippen molar-refractivity contribution in [2.75, 3.05) is 5.32 Å². The Bertz CT molecular complexity index is 1150. The minimum Gasteiger partial charge on any atom is -0.318 e. The van der Waals surface area contributed by atoms with Crippen molar-refractivity contribution in [2.45, 2.75) is 0 Å². The molecule has 27 heavy (non-hydrogen) atoms. The number of fused-ring (bicyclic) bond motifs is 1. The highest BCUT2D eigenvalue weighted by Crippen LogP contribution is 2.31. The van der Waals surface area contributed by atoms with E-state index in [2.05, 4.69) is 15.3 Å². The second-order valence-corrected chi connectivity index (χ2v) is 5.87. The Morgan fingerprint density at radius 2 is 1.59 bits per heavy atom. The van der Waals surface area contributed by atoms with Gasteiger partial charge in [-0.05, 0) is 23.8 Å². The number of carbonyl (C=O) groups is 1. The molecule has 0 aliphatic carbocycles. The first-order valence-electron chi connectivity index (χ1n) is 8.19. The lowest BCUT2D eigenvalue weighted by molar-refractivity contribution is 0.102. The van der Waals surface area contributed by atoms with Crippen LogP contribution in [0.5, 0.6) is 0 Å². The number of benzene rings is 3. The molecule has 0 saturated carbocycles. The number of hydrogen-bond donors (Lipinski definition) is 1. The van der Waals surface area contributed by atoms with E-state index in [1.54, 1.807) is 48.5 Å². The van der Waals surface area contributed by atoms with Crippen LogP contribution in [0.3, 0.4) is 0 Å². The number of halogens is 2. The Hall–Kier alpha value is -3.67. The quantitative estimate of drug-likeness (QED) is 0.569. The summed E-state index contributed by atoms with van der Waals surface area (Å²) in [4.78, 5) is 21.0. The summed E-state index contributed by atoms with van der Waals surface area (Å²) >= 11 is 0. The first kappa shape index (κ1) is 16.8. The maximum atomic E-state index is 14.4. The molecule has 4 aromatic rings. The fourth-order valence-electron chi connectivity index (χ4n) is 2.79. The number of amides is 1. The van der Waals surface area contributed by atoms with E-state index in [0.717, 1.165) is 6.07 Å². The van der Waals surface area contributed by atoms with Gasteiger partial charge in [-0.25, -0.2) is 13.8 Å². The summed E-state index contributed by atoms with van der Waals surface area (Å²) in [5, 5.41) is 2.50. The first-order chi connectivity index (χ1) is 13.1. The summed E-state index contributed by atoms with van der Waals surface area (Å²) in [5.74, 6) is -2.22. The summed E-state index contributed by atoms with van der Waals surface area (Å²) < 4.78 is 28.2. The van der Waals surface area contributed by atoms with Crippen molar-refractivity contribution in [3.8, 4) is 11.1 Å². The molecule has 4 rings (SSSR count). The molecule has 1 amide bonds. The van der Waals surface area contributed by atoms with Crippen molar-refractivity contribution in [3.63, 3.8) is 0 Å². The minimum atomic E-state index is -0.865. The molecule has 4 nitrogen and oxygen atoms in total. The molecule has 0 unspecified atom stereocenters. The maximum Gasteiger partial charge on any atom is 0.275 e. The monoisotopic (exact) mass is 361 g/mol. The van der Waals surface area contributed by atoms with Crippen LogP contribution in [0.4, 0.5) is 14.5 Å². The van der Waals surface area contributed by atoms with Crippen LogP contribution in [0.25, 0.3) is 22.2 Å². The largest absolute Gasteiger partial charge is 0.318 e. The molecule has 0 bridgehead atoms. The summed E-state index contributed by atoms with van der Waals surface area (Å²) in [6.07, 6.45) is 1.32. The lowest BCUT2D eigenvalue weighted by atomic mass is 10.0. The zero-order chi connectivity index (χ0) is 18.8. The molecule has 0 atom stereocenters. The van der Waals surface area contributed by atoms with Crippen molar-refractivity contribution in [2.24, 2.45) is 0 Å². The number of hydrogen-bond acceptors (Lipinski definition) is 3. The standard InChI is InChI=1S/C21H13F2N3O/c22-14-10-15(13-6-2-1-3-7-13)20(16(23)11-14)26-21(27)19-12-24-17-8-4-5-9-18(17)25-19/h1-12H,(H,26,27). The number of aromatic nitrogens is 2. The fourth-order valence-corrected chi connectivity index (χ4v) is 2.79. The average Bonchev–Trinajstić information content (AvgIpc) is 2.70. The SMILES string of the molecule is O=C(Nc1c(F)cc(F)cc1-c1ccccc1)c1cnc2ccccc2n1. The van der Waals surface area contributed by atoms with Crippen LogP contribution in [0.15, 0.2) is 72.9 Å². The van der Waals surface area contributed by atoms with E-state index in [9.17, 15) is 13.6 Å². The molecule has 0 spiro atoms. The van der Waals surface area contributed by atoms with Gasteiger partial charge in [0.1, 0.15) is 17.3 Å². The summed E-state index contributed by atoms with van der Waals surface area (Å²) in [6, 6.07) is 17.7. The van der Waals surface area contributed by atoms with E-state index in [4.69, 9.17) is 0 Å². The van der Waals surface area contributed by atoms with Gasteiger partial charge in [0.25, 0.3) is 5.91 Å². The van der Waals surface area contributed by atoms with Crippen molar-refractivity contribution in [1.82, 2.24) is 9.97 Å².